The molecule has 4 nitrogen and oxygen atoms in total. The highest BCUT2D eigenvalue weighted by Crippen LogP contribution is 2.68. The van der Waals surface area contributed by atoms with Gasteiger partial charge in [0.25, 0.3) is 0 Å². The van der Waals surface area contributed by atoms with Gasteiger partial charge in [-0.2, -0.15) is 0 Å². The van der Waals surface area contributed by atoms with E-state index in [4.69, 9.17) is 13.6 Å². The minimum absolute atomic E-state index is 0.0475. The molecule has 0 aliphatic heterocycles. The molecule has 0 aromatic heterocycles. The van der Waals surface area contributed by atoms with Crippen molar-refractivity contribution in [3.8, 4) is 0 Å². The maximum absolute atomic E-state index is 11.9. The fourth-order valence-electron chi connectivity index (χ4n) is 9.99. The SMILES string of the molecule is CC[Si](C)(C)OC[C@]12CC[C@@H](O[Si](C)(C)CC)C[C@H]1CC[C@H]1[C@@H]3CC[C@H]([C@H](C)CCC(=O)OC)[C@@]3(C)CC[C@@H]12. The average Bonchev–Trinajstić information content (AvgIpc) is 3.27. The molecular weight excluding hydrogens is 517 g/mol. The Morgan fingerprint density at radius 1 is 0.923 bits per heavy atom. The third kappa shape index (κ3) is 6.44. The number of methoxy groups -OCH3 is 1. The number of hydrogen-bond acceptors (Lipinski definition) is 4. The van der Waals surface area contributed by atoms with Crippen molar-refractivity contribution >= 4 is 22.6 Å². The fraction of sp³-hybridized carbons (Fsp3) is 0.970. The van der Waals surface area contributed by atoms with E-state index in [9.17, 15) is 4.79 Å². The van der Waals surface area contributed by atoms with E-state index in [0.717, 1.165) is 42.6 Å². The standard InChI is InChI=1S/C33H62O4Si2/c1-10-38(6,7)36-23-33-21-18-26(37-39(8,9)11-2)22-25(33)13-14-27-29-16-15-28(24(3)12-17-31(34)35-5)32(29,4)20-19-30(27)33/h24-30H,10-23H2,1-9H3/t24-,25-,26-,27+,28-,29+,30+,32-,33-/m1/s1. The van der Waals surface area contributed by atoms with Crippen molar-refractivity contribution in [3.05, 3.63) is 0 Å². The number of hydrogen-bond donors (Lipinski definition) is 0. The molecule has 0 radical (unpaired) electrons. The smallest absolute Gasteiger partial charge is 0.305 e. The Hall–Kier alpha value is -0.176. The Balaban J connectivity index is 1.54. The van der Waals surface area contributed by atoms with Crippen molar-refractivity contribution in [2.24, 2.45) is 46.3 Å². The predicted molar refractivity (Wildman–Crippen MR) is 167 cm³/mol. The molecule has 39 heavy (non-hydrogen) atoms. The van der Waals surface area contributed by atoms with Crippen molar-refractivity contribution in [2.75, 3.05) is 13.7 Å². The number of ether oxygens (including phenoxy) is 1. The molecule has 0 saturated heterocycles. The zero-order valence-corrected chi connectivity index (χ0v) is 29.1. The second kappa shape index (κ2) is 12.2. The molecule has 4 aliphatic rings. The third-order valence-corrected chi connectivity index (χ3v) is 18.3. The van der Waals surface area contributed by atoms with Crippen molar-refractivity contribution in [1.29, 1.82) is 0 Å². The highest BCUT2D eigenvalue weighted by atomic mass is 28.4. The number of fused-ring (bicyclic) bond motifs is 5. The van der Waals surface area contributed by atoms with Crippen LogP contribution in [0.5, 0.6) is 0 Å². The van der Waals surface area contributed by atoms with Crippen LogP contribution in [0.3, 0.4) is 0 Å². The minimum Gasteiger partial charge on any atom is -0.469 e. The van der Waals surface area contributed by atoms with Gasteiger partial charge in [-0.3, -0.25) is 4.79 Å². The van der Waals surface area contributed by atoms with Crippen LogP contribution in [-0.2, 0) is 18.4 Å². The van der Waals surface area contributed by atoms with Crippen LogP contribution < -0.4 is 0 Å². The van der Waals surface area contributed by atoms with E-state index >= 15 is 0 Å². The largest absolute Gasteiger partial charge is 0.469 e. The molecule has 4 aliphatic carbocycles. The topological polar surface area (TPSA) is 44.8 Å². The predicted octanol–water partition coefficient (Wildman–Crippen LogP) is 9.07. The van der Waals surface area contributed by atoms with E-state index in [1.165, 1.54) is 77.0 Å². The zero-order chi connectivity index (χ0) is 28.6. The lowest BCUT2D eigenvalue weighted by Gasteiger charge is -2.62. The van der Waals surface area contributed by atoms with Crippen LogP contribution in [0, 0.1) is 46.3 Å². The Morgan fingerprint density at radius 2 is 1.64 bits per heavy atom. The van der Waals surface area contributed by atoms with Gasteiger partial charge in [-0.1, -0.05) is 27.7 Å². The van der Waals surface area contributed by atoms with E-state index in [-0.39, 0.29) is 5.97 Å². The van der Waals surface area contributed by atoms with Crippen LogP contribution >= 0.6 is 0 Å². The third-order valence-electron chi connectivity index (χ3n) is 13.0. The zero-order valence-electron chi connectivity index (χ0n) is 27.1. The van der Waals surface area contributed by atoms with Crippen LogP contribution in [0.25, 0.3) is 0 Å². The molecule has 4 saturated carbocycles. The lowest BCUT2D eigenvalue weighted by molar-refractivity contribution is -0.151. The second-order valence-corrected chi connectivity index (χ2v) is 24.7. The van der Waals surface area contributed by atoms with E-state index < -0.39 is 16.6 Å². The quantitative estimate of drug-likeness (QED) is 0.181. The monoisotopic (exact) mass is 578 g/mol. The van der Waals surface area contributed by atoms with Gasteiger partial charge >= 0.3 is 5.97 Å². The van der Waals surface area contributed by atoms with Gasteiger partial charge in [0, 0.05) is 19.1 Å². The molecule has 0 unspecified atom stereocenters. The Morgan fingerprint density at radius 3 is 2.31 bits per heavy atom. The molecule has 0 heterocycles. The molecular formula is C33H62O4Si2. The molecule has 9 atom stereocenters. The Bertz CT molecular complexity index is 846. The van der Waals surface area contributed by atoms with Crippen LogP contribution in [-0.4, -0.2) is 42.4 Å². The Labute approximate surface area is 243 Å². The van der Waals surface area contributed by atoms with Crippen LogP contribution in [0.1, 0.15) is 98.3 Å². The summed E-state index contributed by atoms with van der Waals surface area (Å²) >= 11 is 0. The van der Waals surface area contributed by atoms with Crippen LogP contribution in [0.4, 0.5) is 0 Å². The Kier molecular flexibility index (Phi) is 9.94. The van der Waals surface area contributed by atoms with E-state index in [0.29, 0.717) is 29.3 Å². The number of rotatable bonds is 11. The van der Waals surface area contributed by atoms with Gasteiger partial charge in [0.15, 0.2) is 16.6 Å². The van der Waals surface area contributed by atoms with Crippen molar-refractivity contribution in [1.82, 2.24) is 0 Å². The van der Waals surface area contributed by atoms with E-state index in [1.54, 1.807) is 0 Å². The van der Waals surface area contributed by atoms with Gasteiger partial charge in [0.05, 0.1) is 7.11 Å². The fourth-order valence-corrected chi connectivity index (χ4v) is 12.1. The molecule has 0 N–H and O–H groups in total. The van der Waals surface area contributed by atoms with Gasteiger partial charge in [0.1, 0.15) is 0 Å². The summed E-state index contributed by atoms with van der Waals surface area (Å²) < 4.78 is 18.8. The summed E-state index contributed by atoms with van der Waals surface area (Å²) in [6.07, 6.45) is 14.1. The second-order valence-electron chi connectivity index (χ2n) is 15.7. The van der Waals surface area contributed by atoms with E-state index in [1.807, 2.05) is 0 Å². The maximum Gasteiger partial charge on any atom is 0.305 e. The average molecular weight is 579 g/mol. The lowest BCUT2D eigenvalue weighted by atomic mass is 9.44. The first kappa shape index (κ1) is 31.8. The molecule has 4 fully saturated rings. The number of esters is 1. The molecule has 0 aromatic carbocycles. The molecule has 0 bridgehead atoms. The normalized spacial score (nSPS) is 39.4. The molecule has 4 rings (SSSR count). The van der Waals surface area contributed by atoms with Gasteiger partial charge in [-0.15, -0.1) is 0 Å². The summed E-state index contributed by atoms with van der Waals surface area (Å²) in [5.41, 5.74) is 0.788. The lowest BCUT2D eigenvalue weighted by Crippen LogP contribution is -2.58. The first-order valence-corrected chi connectivity index (χ1v) is 22.9. The minimum atomic E-state index is -1.61. The molecule has 0 aromatic rings. The molecule has 0 amide bonds. The molecule has 6 heteroatoms. The van der Waals surface area contributed by atoms with Crippen LogP contribution in [0.2, 0.25) is 38.3 Å². The summed E-state index contributed by atoms with van der Waals surface area (Å²) in [5.74, 6) is 4.57. The first-order chi connectivity index (χ1) is 18.3. The van der Waals surface area contributed by atoms with Gasteiger partial charge in [0.2, 0.25) is 0 Å². The highest BCUT2D eigenvalue weighted by Gasteiger charge is 2.62. The number of carbonyl (C=O) groups is 1. The first-order valence-electron chi connectivity index (χ1n) is 16.7. The van der Waals surface area contributed by atoms with E-state index in [2.05, 4.69) is 53.9 Å². The van der Waals surface area contributed by atoms with Gasteiger partial charge < -0.3 is 13.6 Å². The summed E-state index contributed by atoms with van der Waals surface area (Å²) in [7, 11) is -1.64. The van der Waals surface area contributed by atoms with Gasteiger partial charge in [-0.25, -0.2) is 0 Å². The van der Waals surface area contributed by atoms with Crippen molar-refractivity contribution < 1.29 is 18.4 Å². The molecule has 0 spiro atoms. The van der Waals surface area contributed by atoms with Crippen molar-refractivity contribution in [2.45, 2.75) is 143 Å². The summed E-state index contributed by atoms with van der Waals surface area (Å²) in [4.78, 5) is 11.9. The summed E-state index contributed by atoms with van der Waals surface area (Å²) in [6, 6.07) is 2.42. The molecule has 226 valence electrons. The van der Waals surface area contributed by atoms with Crippen LogP contribution in [0.15, 0.2) is 0 Å². The van der Waals surface area contributed by atoms with Crippen molar-refractivity contribution in [3.63, 3.8) is 0 Å². The maximum atomic E-state index is 11.9. The highest BCUT2D eigenvalue weighted by molar-refractivity contribution is 6.71. The summed E-state index contributed by atoms with van der Waals surface area (Å²) in [6.45, 7) is 20.4. The number of carbonyl (C=O) groups excluding carboxylic acids is 1. The van der Waals surface area contributed by atoms with Gasteiger partial charge in [-0.05, 0) is 149 Å². The summed E-state index contributed by atoms with van der Waals surface area (Å²) in [5, 5.41) is 0.